The molecule has 134 valence electrons. The van der Waals surface area contributed by atoms with Crippen molar-refractivity contribution in [2.45, 2.75) is 25.4 Å². The standard InChI is InChI=1S/C20H26N2O2S/c23-20(15-18-9-6-14-25-18)21-10-4-5-11-22-12-13-24-19(16-22)17-7-2-1-3-8-17/h1-3,6-9,14,19H,4-5,10-13,15-16H2,(H,21,23). The topological polar surface area (TPSA) is 41.6 Å². The smallest absolute Gasteiger partial charge is 0.225 e. The molecule has 1 N–H and O–H groups in total. The molecule has 2 heterocycles. The number of thiophene rings is 1. The van der Waals surface area contributed by atoms with Crippen LogP contribution in [0.5, 0.6) is 0 Å². The highest BCUT2D eigenvalue weighted by Crippen LogP contribution is 2.21. The molecule has 1 saturated heterocycles. The fourth-order valence-corrected chi connectivity index (χ4v) is 3.80. The Labute approximate surface area is 153 Å². The van der Waals surface area contributed by atoms with E-state index in [1.807, 2.05) is 23.6 Å². The summed E-state index contributed by atoms with van der Waals surface area (Å²) in [5, 5.41) is 5.03. The second-order valence-electron chi connectivity index (χ2n) is 6.38. The van der Waals surface area contributed by atoms with Gasteiger partial charge in [-0.15, -0.1) is 11.3 Å². The second-order valence-corrected chi connectivity index (χ2v) is 7.42. The molecule has 1 aliphatic rings. The van der Waals surface area contributed by atoms with Crippen molar-refractivity contribution in [1.82, 2.24) is 10.2 Å². The van der Waals surface area contributed by atoms with Crippen molar-refractivity contribution in [3.8, 4) is 0 Å². The first-order valence-electron chi connectivity index (χ1n) is 8.99. The van der Waals surface area contributed by atoms with Crippen LogP contribution in [0.1, 0.15) is 29.4 Å². The van der Waals surface area contributed by atoms with Gasteiger partial charge in [-0.3, -0.25) is 9.69 Å². The normalized spacial score (nSPS) is 18.2. The van der Waals surface area contributed by atoms with Crippen LogP contribution in [-0.2, 0) is 16.0 Å². The van der Waals surface area contributed by atoms with E-state index in [1.165, 1.54) is 5.56 Å². The van der Waals surface area contributed by atoms with Gasteiger partial charge in [0.05, 0.1) is 19.1 Å². The van der Waals surface area contributed by atoms with Gasteiger partial charge in [0.25, 0.3) is 0 Å². The molecule has 5 heteroatoms. The number of hydrogen-bond acceptors (Lipinski definition) is 4. The van der Waals surface area contributed by atoms with Crippen LogP contribution in [-0.4, -0.2) is 43.6 Å². The number of morpholine rings is 1. The van der Waals surface area contributed by atoms with E-state index in [9.17, 15) is 4.79 Å². The summed E-state index contributed by atoms with van der Waals surface area (Å²) in [6.07, 6.45) is 2.80. The molecule has 3 rings (SSSR count). The van der Waals surface area contributed by atoms with Crippen LogP contribution in [0.3, 0.4) is 0 Å². The molecule has 1 aromatic heterocycles. The van der Waals surface area contributed by atoms with E-state index < -0.39 is 0 Å². The second kappa shape index (κ2) is 9.70. The molecule has 4 nitrogen and oxygen atoms in total. The predicted molar refractivity (Wildman–Crippen MR) is 102 cm³/mol. The Bertz CT molecular complexity index is 630. The van der Waals surface area contributed by atoms with Gasteiger partial charge in [-0.1, -0.05) is 36.4 Å². The molecule has 1 aromatic carbocycles. The molecule has 1 unspecified atom stereocenters. The number of ether oxygens (including phenoxy) is 1. The third-order valence-corrected chi connectivity index (χ3v) is 5.34. The van der Waals surface area contributed by atoms with Gasteiger partial charge in [0.1, 0.15) is 0 Å². The number of unbranched alkanes of at least 4 members (excludes halogenated alkanes) is 1. The summed E-state index contributed by atoms with van der Waals surface area (Å²) < 4.78 is 5.91. The predicted octanol–water partition coefficient (Wildman–Crippen LogP) is 3.26. The van der Waals surface area contributed by atoms with Crippen molar-refractivity contribution in [3.63, 3.8) is 0 Å². The molecule has 1 amide bonds. The van der Waals surface area contributed by atoms with E-state index in [0.717, 1.165) is 50.5 Å². The highest BCUT2D eigenvalue weighted by atomic mass is 32.1. The molecule has 2 aromatic rings. The zero-order valence-corrected chi connectivity index (χ0v) is 15.3. The van der Waals surface area contributed by atoms with E-state index >= 15 is 0 Å². The van der Waals surface area contributed by atoms with Crippen LogP contribution < -0.4 is 5.32 Å². The number of hydrogen-bond donors (Lipinski definition) is 1. The van der Waals surface area contributed by atoms with Crippen LogP contribution in [0.2, 0.25) is 0 Å². The molecule has 1 aliphatic heterocycles. The first-order valence-corrected chi connectivity index (χ1v) is 9.87. The fourth-order valence-electron chi connectivity index (χ4n) is 3.10. The number of nitrogens with zero attached hydrogens (tertiary/aromatic N) is 1. The van der Waals surface area contributed by atoms with Gasteiger partial charge in [0.15, 0.2) is 0 Å². The summed E-state index contributed by atoms with van der Waals surface area (Å²) in [5.74, 6) is 0.123. The molecule has 1 atom stereocenters. The van der Waals surface area contributed by atoms with Crippen LogP contribution in [0.25, 0.3) is 0 Å². The van der Waals surface area contributed by atoms with Crippen molar-refractivity contribution >= 4 is 17.2 Å². The Kier molecular flexibility index (Phi) is 7.03. The van der Waals surface area contributed by atoms with Crippen molar-refractivity contribution in [2.24, 2.45) is 0 Å². The number of rotatable bonds is 8. The van der Waals surface area contributed by atoms with E-state index in [1.54, 1.807) is 11.3 Å². The zero-order valence-electron chi connectivity index (χ0n) is 14.5. The Morgan fingerprint density at radius 3 is 2.88 bits per heavy atom. The Morgan fingerprint density at radius 2 is 2.08 bits per heavy atom. The largest absolute Gasteiger partial charge is 0.371 e. The molecule has 0 spiro atoms. The van der Waals surface area contributed by atoms with E-state index in [2.05, 4.69) is 34.5 Å². The number of benzene rings is 1. The lowest BCUT2D eigenvalue weighted by molar-refractivity contribution is -0.120. The van der Waals surface area contributed by atoms with Crippen LogP contribution in [0.4, 0.5) is 0 Å². The molecule has 0 radical (unpaired) electrons. The third kappa shape index (κ3) is 5.96. The maximum Gasteiger partial charge on any atom is 0.225 e. The summed E-state index contributed by atoms with van der Waals surface area (Å²) in [7, 11) is 0. The average Bonchev–Trinajstić information content (AvgIpc) is 3.15. The first kappa shape index (κ1) is 18.1. The SMILES string of the molecule is O=C(Cc1cccs1)NCCCCN1CCOC(c2ccccc2)C1. The maximum absolute atomic E-state index is 11.8. The molecule has 0 aliphatic carbocycles. The van der Waals surface area contributed by atoms with Gasteiger partial charge in [-0.2, -0.15) is 0 Å². The summed E-state index contributed by atoms with van der Waals surface area (Å²) >= 11 is 1.63. The van der Waals surface area contributed by atoms with Gasteiger partial charge in [0, 0.05) is 24.5 Å². The fraction of sp³-hybridized carbons (Fsp3) is 0.450. The van der Waals surface area contributed by atoms with Crippen molar-refractivity contribution < 1.29 is 9.53 Å². The maximum atomic E-state index is 11.8. The van der Waals surface area contributed by atoms with Crippen molar-refractivity contribution in [3.05, 3.63) is 58.3 Å². The van der Waals surface area contributed by atoms with Gasteiger partial charge < -0.3 is 10.1 Å². The summed E-state index contributed by atoms with van der Waals surface area (Å²) in [6, 6.07) is 14.4. The minimum atomic E-state index is 0.123. The van der Waals surface area contributed by atoms with Crippen molar-refractivity contribution in [1.29, 1.82) is 0 Å². The highest BCUT2D eigenvalue weighted by molar-refractivity contribution is 7.10. The molecule has 1 fully saturated rings. The zero-order chi connectivity index (χ0) is 17.3. The van der Waals surface area contributed by atoms with Crippen LogP contribution in [0, 0.1) is 0 Å². The molecular formula is C20H26N2O2S. The molecule has 0 saturated carbocycles. The monoisotopic (exact) mass is 358 g/mol. The molecule has 0 bridgehead atoms. The summed E-state index contributed by atoms with van der Waals surface area (Å²) in [5.41, 5.74) is 1.26. The van der Waals surface area contributed by atoms with E-state index in [0.29, 0.717) is 6.42 Å². The minimum Gasteiger partial charge on any atom is -0.371 e. The minimum absolute atomic E-state index is 0.123. The van der Waals surface area contributed by atoms with E-state index in [-0.39, 0.29) is 12.0 Å². The lowest BCUT2D eigenvalue weighted by Crippen LogP contribution is -2.39. The van der Waals surface area contributed by atoms with Crippen molar-refractivity contribution in [2.75, 3.05) is 32.8 Å². The van der Waals surface area contributed by atoms with Gasteiger partial charge in [0.2, 0.25) is 5.91 Å². The van der Waals surface area contributed by atoms with Crippen LogP contribution >= 0.6 is 11.3 Å². The molecule has 25 heavy (non-hydrogen) atoms. The average molecular weight is 359 g/mol. The van der Waals surface area contributed by atoms with E-state index in [4.69, 9.17) is 4.74 Å². The molecular weight excluding hydrogens is 332 g/mol. The highest BCUT2D eigenvalue weighted by Gasteiger charge is 2.21. The van der Waals surface area contributed by atoms with Gasteiger partial charge in [-0.05, 0) is 36.4 Å². The number of carbonyl (C=O) groups is 1. The van der Waals surface area contributed by atoms with Crippen LogP contribution in [0.15, 0.2) is 47.8 Å². The lowest BCUT2D eigenvalue weighted by Gasteiger charge is -2.33. The number of nitrogens with one attached hydrogen (secondary N) is 1. The van der Waals surface area contributed by atoms with Gasteiger partial charge in [-0.25, -0.2) is 0 Å². The Morgan fingerprint density at radius 1 is 1.20 bits per heavy atom. The Hall–Kier alpha value is -1.69. The summed E-state index contributed by atoms with van der Waals surface area (Å²) in [6.45, 7) is 4.56. The number of amides is 1. The lowest BCUT2D eigenvalue weighted by atomic mass is 10.1. The Balaban J connectivity index is 1.30. The number of carbonyl (C=O) groups excluding carboxylic acids is 1. The first-order chi connectivity index (χ1) is 12.3. The van der Waals surface area contributed by atoms with Gasteiger partial charge >= 0.3 is 0 Å². The summed E-state index contributed by atoms with van der Waals surface area (Å²) in [4.78, 5) is 15.4. The third-order valence-electron chi connectivity index (χ3n) is 4.46. The quantitative estimate of drug-likeness (QED) is 0.737.